The monoisotopic (exact) mass is 239 g/mol. The highest BCUT2D eigenvalue weighted by molar-refractivity contribution is 7.99. The van der Waals surface area contributed by atoms with Gasteiger partial charge in [0.25, 0.3) is 0 Å². The second-order valence-corrected chi connectivity index (χ2v) is 6.39. The van der Waals surface area contributed by atoms with Crippen molar-refractivity contribution in [1.29, 1.82) is 0 Å². The molecule has 2 atom stereocenters. The van der Waals surface area contributed by atoms with Gasteiger partial charge in [0.15, 0.2) is 5.25 Å². The molecule has 0 saturated carbocycles. The highest BCUT2D eigenvalue weighted by Gasteiger charge is 2.30. The van der Waals surface area contributed by atoms with Crippen LogP contribution in [0.5, 0.6) is 0 Å². The van der Waals surface area contributed by atoms with Gasteiger partial charge in [-0.1, -0.05) is 0 Å². The van der Waals surface area contributed by atoms with Gasteiger partial charge in [-0.25, -0.2) is 13.1 Å². The van der Waals surface area contributed by atoms with Gasteiger partial charge >= 0.3 is 5.97 Å². The van der Waals surface area contributed by atoms with Gasteiger partial charge in [-0.15, -0.1) is 0 Å². The van der Waals surface area contributed by atoms with Crippen LogP contribution in [0.3, 0.4) is 0 Å². The minimum Gasteiger partial charge on any atom is -0.480 e. The molecule has 1 saturated heterocycles. The number of carbonyl (C=O) groups is 1. The number of nitrogens with one attached hydrogen (secondary N) is 1. The minimum absolute atomic E-state index is 0.105. The van der Waals surface area contributed by atoms with Gasteiger partial charge in [-0.2, -0.15) is 11.8 Å². The Hall–Kier alpha value is -0.270. The number of aliphatic carboxylic acids is 1. The lowest BCUT2D eigenvalue weighted by atomic mass is 10.3. The molecule has 1 rings (SSSR count). The van der Waals surface area contributed by atoms with E-state index in [1.807, 2.05) is 0 Å². The van der Waals surface area contributed by atoms with E-state index in [4.69, 9.17) is 5.11 Å². The molecule has 2 unspecified atom stereocenters. The lowest BCUT2D eigenvalue weighted by Gasteiger charge is -2.14. The Bertz CT molecular complexity index is 308. The van der Waals surface area contributed by atoms with Crippen molar-refractivity contribution in [2.24, 2.45) is 0 Å². The summed E-state index contributed by atoms with van der Waals surface area (Å²) >= 11 is 1.67. The molecule has 82 valence electrons. The molecule has 1 aliphatic heterocycles. The van der Waals surface area contributed by atoms with Gasteiger partial charge in [-0.05, 0) is 19.1 Å². The van der Waals surface area contributed by atoms with E-state index < -0.39 is 21.2 Å². The Morgan fingerprint density at radius 3 is 2.71 bits per heavy atom. The van der Waals surface area contributed by atoms with Crippen LogP contribution < -0.4 is 4.72 Å². The largest absolute Gasteiger partial charge is 0.480 e. The molecular formula is C7H13NO4S2. The summed E-state index contributed by atoms with van der Waals surface area (Å²) < 4.78 is 25.3. The van der Waals surface area contributed by atoms with E-state index in [1.165, 1.54) is 6.92 Å². The molecule has 1 heterocycles. The third-order valence-electron chi connectivity index (χ3n) is 2.07. The predicted molar refractivity (Wildman–Crippen MR) is 54.9 cm³/mol. The Morgan fingerprint density at radius 1 is 1.64 bits per heavy atom. The van der Waals surface area contributed by atoms with Crippen LogP contribution in [0.1, 0.15) is 13.3 Å². The van der Waals surface area contributed by atoms with Gasteiger partial charge < -0.3 is 5.11 Å². The van der Waals surface area contributed by atoms with E-state index in [9.17, 15) is 13.2 Å². The first-order valence-corrected chi connectivity index (χ1v) is 6.95. The van der Waals surface area contributed by atoms with E-state index in [2.05, 4.69) is 4.72 Å². The fourth-order valence-electron chi connectivity index (χ4n) is 1.09. The van der Waals surface area contributed by atoms with Crippen LogP contribution in [-0.4, -0.2) is 42.3 Å². The van der Waals surface area contributed by atoms with Crippen molar-refractivity contribution < 1.29 is 18.3 Å². The smallest absolute Gasteiger partial charge is 0.323 e. The number of thioether (sulfide) groups is 1. The molecule has 1 fully saturated rings. The van der Waals surface area contributed by atoms with Crippen LogP contribution in [0, 0.1) is 0 Å². The molecular weight excluding hydrogens is 226 g/mol. The van der Waals surface area contributed by atoms with Crippen LogP contribution in [-0.2, 0) is 14.8 Å². The van der Waals surface area contributed by atoms with Crippen molar-refractivity contribution in [3.63, 3.8) is 0 Å². The molecule has 0 aromatic heterocycles. The molecule has 2 N–H and O–H groups in total. The maximum atomic E-state index is 11.4. The fraction of sp³-hybridized carbons (Fsp3) is 0.857. The summed E-state index contributed by atoms with van der Waals surface area (Å²) in [6, 6.07) is -0.105. The first kappa shape index (κ1) is 11.8. The number of hydrogen-bond donors (Lipinski definition) is 2. The molecule has 0 amide bonds. The number of rotatable bonds is 4. The zero-order valence-electron chi connectivity index (χ0n) is 7.76. The summed E-state index contributed by atoms with van der Waals surface area (Å²) in [7, 11) is -3.71. The van der Waals surface area contributed by atoms with Crippen molar-refractivity contribution in [2.75, 3.05) is 11.5 Å². The third kappa shape index (κ3) is 2.86. The normalized spacial score (nSPS) is 24.8. The summed E-state index contributed by atoms with van der Waals surface area (Å²) in [5.74, 6) is 0.336. The number of sulfonamides is 1. The van der Waals surface area contributed by atoms with Crippen LogP contribution in [0.15, 0.2) is 0 Å². The van der Waals surface area contributed by atoms with E-state index >= 15 is 0 Å². The van der Waals surface area contributed by atoms with Crippen LogP contribution in [0.25, 0.3) is 0 Å². The standard InChI is InChI=1S/C7H13NO4S2/c1-5(7(9)10)14(11,12)8-6-2-3-13-4-6/h5-6,8H,2-4H2,1H3,(H,9,10). The zero-order chi connectivity index (χ0) is 10.8. The first-order valence-electron chi connectivity index (χ1n) is 4.25. The molecule has 7 heteroatoms. The first-order chi connectivity index (χ1) is 6.43. The fourth-order valence-corrected chi connectivity index (χ4v) is 3.49. The van der Waals surface area contributed by atoms with Gasteiger partial charge in [0.2, 0.25) is 10.0 Å². The SMILES string of the molecule is CC(C(=O)O)S(=O)(=O)NC1CCSC1. The van der Waals surface area contributed by atoms with E-state index in [1.54, 1.807) is 11.8 Å². The predicted octanol–water partition coefficient (Wildman–Crippen LogP) is -0.116. The molecule has 0 aromatic carbocycles. The lowest BCUT2D eigenvalue weighted by Crippen LogP contribution is -2.42. The minimum atomic E-state index is -3.71. The average Bonchev–Trinajstić information content (AvgIpc) is 2.54. The second kappa shape index (κ2) is 4.50. The molecule has 0 radical (unpaired) electrons. The number of carboxylic acids is 1. The zero-order valence-corrected chi connectivity index (χ0v) is 9.40. The lowest BCUT2D eigenvalue weighted by molar-refractivity contribution is -0.136. The van der Waals surface area contributed by atoms with Gasteiger partial charge in [0.1, 0.15) is 0 Å². The average molecular weight is 239 g/mol. The topological polar surface area (TPSA) is 83.5 Å². The number of hydrogen-bond acceptors (Lipinski definition) is 4. The highest BCUT2D eigenvalue weighted by Crippen LogP contribution is 2.18. The molecule has 0 aromatic rings. The van der Waals surface area contributed by atoms with Crippen molar-refractivity contribution >= 4 is 27.8 Å². The Morgan fingerprint density at radius 2 is 2.29 bits per heavy atom. The van der Waals surface area contributed by atoms with Gasteiger partial charge in [0.05, 0.1) is 0 Å². The van der Waals surface area contributed by atoms with Crippen LogP contribution >= 0.6 is 11.8 Å². The number of carboxylic acid groups (broad SMARTS) is 1. The van der Waals surface area contributed by atoms with Gasteiger partial charge in [-0.3, -0.25) is 4.79 Å². The van der Waals surface area contributed by atoms with Crippen molar-refractivity contribution in [2.45, 2.75) is 24.6 Å². The molecule has 1 aliphatic rings. The van der Waals surface area contributed by atoms with Crippen LogP contribution in [0.2, 0.25) is 0 Å². The van der Waals surface area contributed by atoms with Gasteiger partial charge in [0, 0.05) is 11.8 Å². The summed E-state index contributed by atoms with van der Waals surface area (Å²) in [5, 5.41) is 7.19. The van der Waals surface area contributed by atoms with E-state index in [-0.39, 0.29) is 6.04 Å². The summed E-state index contributed by atoms with van der Waals surface area (Å²) in [5.41, 5.74) is 0. The Balaban J connectivity index is 2.61. The molecule has 5 nitrogen and oxygen atoms in total. The van der Waals surface area contributed by atoms with E-state index in [0.29, 0.717) is 0 Å². The molecule has 0 spiro atoms. The Labute approximate surface area is 87.3 Å². The van der Waals surface area contributed by atoms with Crippen molar-refractivity contribution in [1.82, 2.24) is 4.72 Å². The van der Waals surface area contributed by atoms with Crippen molar-refractivity contribution in [3.8, 4) is 0 Å². The van der Waals surface area contributed by atoms with E-state index in [0.717, 1.165) is 17.9 Å². The Kier molecular flexibility index (Phi) is 3.79. The molecule has 0 bridgehead atoms. The maximum absolute atomic E-state index is 11.4. The van der Waals surface area contributed by atoms with Crippen molar-refractivity contribution in [3.05, 3.63) is 0 Å². The summed E-state index contributed by atoms with van der Waals surface area (Å²) in [6.07, 6.45) is 0.774. The molecule has 0 aliphatic carbocycles. The second-order valence-electron chi connectivity index (χ2n) is 3.20. The summed E-state index contributed by atoms with van der Waals surface area (Å²) in [6.45, 7) is 1.17. The van der Waals surface area contributed by atoms with Crippen LogP contribution in [0.4, 0.5) is 0 Å². The quantitative estimate of drug-likeness (QED) is 0.715. The summed E-state index contributed by atoms with van der Waals surface area (Å²) in [4.78, 5) is 10.5. The maximum Gasteiger partial charge on any atom is 0.323 e. The highest BCUT2D eigenvalue weighted by atomic mass is 32.2. The molecule has 14 heavy (non-hydrogen) atoms. The third-order valence-corrected chi connectivity index (χ3v) is 5.03.